The summed E-state index contributed by atoms with van der Waals surface area (Å²) in [6.45, 7) is 4.50. The van der Waals surface area contributed by atoms with Gasteiger partial charge in [0, 0.05) is 24.7 Å². The number of nitrogens with zero attached hydrogens (tertiary/aromatic N) is 2. The third-order valence-corrected chi connectivity index (χ3v) is 7.05. The Morgan fingerprint density at radius 1 is 1.09 bits per heavy atom. The molecule has 1 aliphatic rings. The van der Waals surface area contributed by atoms with Gasteiger partial charge < -0.3 is 14.8 Å². The van der Waals surface area contributed by atoms with E-state index in [0.29, 0.717) is 18.8 Å². The summed E-state index contributed by atoms with van der Waals surface area (Å²) in [5, 5.41) is 13.9. The van der Waals surface area contributed by atoms with Crippen molar-refractivity contribution in [3.05, 3.63) is 52.1 Å². The van der Waals surface area contributed by atoms with Crippen LogP contribution in [0.1, 0.15) is 43.5 Å². The third-order valence-electron chi connectivity index (χ3n) is 5.15. The molecule has 1 saturated heterocycles. The number of piperidine rings is 1. The van der Waals surface area contributed by atoms with Gasteiger partial charge in [-0.2, -0.15) is 4.31 Å². The van der Waals surface area contributed by atoms with Crippen LogP contribution < -0.4 is 14.8 Å². The molecule has 0 aromatic heterocycles. The van der Waals surface area contributed by atoms with Crippen LogP contribution in [-0.2, 0) is 10.0 Å². The molecule has 1 heterocycles. The van der Waals surface area contributed by atoms with Crippen LogP contribution in [0.15, 0.2) is 41.3 Å². The average Bonchev–Trinajstić information content (AvgIpc) is 2.79. The Morgan fingerprint density at radius 2 is 1.76 bits per heavy atom. The van der Waals surface area contributed by atoms with Gasteiger partial charge in [-0.25, -0.2) is 8.42 Å². The van der Waals surface area contributed by atoms with Crippen LogP contribution in [0, 0.1) is 10.1 Å². The molecule has 2 aromatic carbocycles. The minimum atomic E-state index is -3.74. The maximum Gasteiger partial charge on any atom is 0.311 e. The fourth-order valence-corrected chi connectivity index (χ4v) is 5.09. The molecule has 0 aliphatic carbocycles. The van der Waals surface area contributed by atoms with Crippen molar-refractivity contribution in [2.75, 3.05) is 25.5 Å². The molecule has 0 atom stereocenters. The van der Waals surface area contributed by atoms with Gasteiger partial charge in [-0.3, -0.25) is 14.9 Å². The topological polar surface area (TPSA) is 128 Å². The first-order valence-corrected chi connectivity index (χ1v) is 12.0. The Hall–Kier alpha value is -3.18. The molecule has 1 N–H and O–H groups in total. The first-order chi connectivity index (χ1) is 15.6. The van der Waals surface area contributed by atoms with E-state index in [9.17, 15) is 23.3 Å². The number of nitro groups is 1. The summed E-state index contributed by atoms with van der Waals surface area (Å²) in [4.78, 5) is 23.6. The molecule has 0 unspecified atom stereocenters. The third kappa shape index (κ3) is 5.60. The van der Waals surface area contributed by atoms with Gasteiger partial charge in [0.2, 0.25) is 10.0 Å². The second kappa shape index (κ2) is 10.2. The van der Waals surface area contributed by atoms with Crippen LogP contribution >= 0.6 is 0 Å². The first kappa shape index (κ1) is 24.5. The number of rotatable bonds is 8. The number of anilines is 1. The zero-order valence-corrected chi connectivity index (χ0v) is 19.6. The van der Waals surface area contributed by atoms with Crippen molar-refractivity contribution >= 4 is 27.3 Å². The van der Waals surface area contributed by atoms with Crippen LogP contribution in [0.2, 0.25) is 0 Å². The maximum atomic E-state index is 13.1. The van der Waals surface area contributed by atoms with Crippen LogP contribution in [0.4, 0.5) is 11.4 Å². The minimum absolute atomic E-state index is 0.0160. The Kier molecular flexibility index (Phi) is 7.54. The Bertz CT molecular complexity index is 1140. The lowest BCUT2D eigenvalue weighted by atomic mass is 10.1. The SMILES string of the molecule is COc1ccc(C(=O)Nc2cc(S(=O)(=O)N3CCCCC3)ccc2OC(C)C)cc1[N+](=O)[O-]. The predicted octanol–water partition coefficient (Wildman–Crippen LogP) is 3.82. The maximum absolute atomic E-state index is 13.1. The number of methoxy groups -OCH3 is 1. The molecule has 0 saturated carbocycles. The highest BCUT2D eigenvalue weighted by Gasteiger charge is 2.27. The summed E-state index contributed by atoms with van der Waals surface area (Å²) in [6.07, 6.45) is 2.36. The van der Waals surface area contributed by atoms with Gasteiger partial charge in [-0.15, -0.1) is 0 Å². The Balaban J connectivity index is 1.96. The van der Waals surface area contributed by atoms with E-state index in [2.05, 4.69) is 5.32 Å². The zero-order valence-electron chi connectivity index (χ0n) is 18.7. The number of carbonyl (C=O) groups excluding carboxylic acids is 1. The molecule has 1 aliphatic heterocycles. The van der Waals surface area contributed by atoms with Gasteiger partial charge in [-0.1, -0.05) is 6.42 Å². The molecule has 3 rings (SSSR count). The van der Waals surface area contributed by atoms with Crippen LogP contribution in [0.25, 0.3) is 0 Å². The number of nitrogens with one attached hydrogen (secondary N) is 1. The van der Waals surface area contributed by atoms with Gasteiger partial charge in [0.25, 0.3) is 5.91 Å². The van der Waals surface area contributed by atoms with E-state index < -0.39 is 20.9 Å². The number of benzene rings is 2. The standard InChI is InChI=1S/C22H27N3O7S/c1-15(2)32-20-10-8-17(33(29,30)24-11-5-4-6-12-24)14-18(20)23-22(26)16-7-9-21(31-3)19(13-16)25(27)28/h7-10,13-15H,4-6,11-12H2,1-3H3,(H,23,26). The molecule has 11 heteroatoms. The van der Waals surface area contributed by atoms with Crippen molar-refractivity contribution in [1.29, 1.82) is 0 Å². The summed E-state index contributed by atoms with van der Waals surface area (Å²) in [5.74, 6) is -0.337. The summed E-state index contributed by atoms with van der Waals surface area (Å²) in [5.41, 5.74) is -0.183. The smallest absolute Gasteiger partial charge is 0.311 e. The van der Waals surface area contributed by atoms with Gasteiger partial charge in [-0.05, 0) is 57.0 Å². The highest BCUT2D eigenvalue weighted by atomic mass is 32.2. The number of hydrogen-bond donors (Lipinski definition) is 1. The molecule has 1 amide bonds. The molecule has 33 heavy (non-hydrogen) atoms. The summed E-state index contributed by atoms with van der Waals surface area (Å²) in [7, 11) is -2.44. The monoisotopic (exact) mass is 477 g/mol. The van der Waals surface area contributed by atoms with Crippen LogP contribution in [0.5, 0.6) is 11.5 Å². The lowest BCUT2D eigenvalue weighted by molar-refractivity contribution is -0.385. The van der Waals surface area contributed by atoms with Crippen molar-refractivity contribution in [3.8, 4) is 11.5 Å². The molecule has 0 radical (unpaired) electrons. The second-order valence-electron chi connectivity index (χ2n) is 7.89. The fraction of sp³-hybridized carbons (Fsp3) is 0.409. The number of ether oxygens (including phenoxy) is 2. The van der Waals surface area contributed by atoms with E-state index in [1.165, 1.54) is 41.7 Å². The second-order valence-corrected chi connectivity index (χ2v) is 9.83. The van der Waals surface area contributed by atoms with Crippen molar-refractivity contribution in [3.63, 3.8) is 0 Å². The quantitative estimate of drug-likeness (QED) is 0.452. The molecule has 0 spiro atoms. The van der Waals surface area contributed by atoms with E-state index in [1.54, 1.807) is 13.8 Å². The molecule has 1 fully saturated rings. The van der Waals surface area contributed by atoms with E-state index >= 15 is 0 Å². The van der Waals surface area contributed by atoms with Crippen LogP contribution in [0.3, 0.4) is 0 Å². The fourth-order valence-electron chi connectivity index (χ4n) is 3.55. The number of hydrogen-bond acceptors (Lipinski definition) is 7. The largest absolute Gasteiger partial charge is 0.490 e. The predicted molar refractivity (Wildman–Crippen MR) is 122 cm³/mol. The zero-order chi connectivity index (χ0) is 24.2. The van der Waals surface area contributed by atoms with Gasteiger partial charge >= 0.3 is 5.69 Å². The Morgan fingerprint density at radius 3 is 2.36 bits per heavy atom. The number of carbonyl (C=O) groups is 1. The molecule has 0 bridgehead atoms. The normalized spacial score (nSPS) is 14.7. The lowest BCUT2D eigenvalue weighted by Gasteiger charge is -2.26. The van der Waals surface area contributed by atoms with E-state index in [1.807, 2.05) is 0 Å². The molecular formula is C22H27N3O7S. The molecule has 2 aromatic rings. The number of amides is 1. The van der Waals surface area contributed by atoms with E-state index in [-0.39, 0.29) is 33.7 Å². The number of sulfonamides is 1. The molecular weight excluding hydrogens is 450 g/mol. The minimum Gasteiger partial charge on any atom is -0.490 e. The van der Waals surface area contributed by atoms with Crippen molar-refractivity contribution in [2.24, 2.45) is 0 Å². The highest BCUT2D eigenvalue weighted by Crippen LogP contribution is 2.32. The van der Waals surface area contributed by atoms with Crippen molar-refractivity contribution in [1.82, 2.24) is 4.31 Å². The van der Waals surface area contributed by atoms with Crippen molar-refractivity contribution in [2.45, 2.75) is 44.1 Å². The van der Waals surface area contributed by atoms with E-state index in [4.69, 9.17) is 9.47 Å². The van der Waals surface area contributed by atoms with Gasteiger partial charge in [0.1, 0.15) is 5.75 Å². The first-order valence-electron chi connectivity index (χ1n) is 10.6. The summed E-state index contributed by atoms with van der Waals surface area (Å²) in [6, 6.07) is 8.13. The van der Waals surface area contributed by atoms with E-state index in [0.717, 1.165) is 25.3 Å². The summed E-state index contributed by atoms with van der Waals surface area (Å²) >= 11 is 0. The van der Waals surface area contributed by atoms with Gasteiger partial charge in [0.05, 0.1) is 28.7 Å². The lowest BCUT2D eigenvalue weighted by Crippen LogP contribution is -2.35. The molecule has 10 nitrogen and oxygen atoms in total. The van der Waals surface area contributed by atoms with Crippen molar-refractivity contribution < 1.29 is 27.6 Å². The highest BCUT2D eigenvalue weighted by molar-refractivity contribution is 7.89. The van der Waals surface area contributed by atoms with Gasteiger partial charge in [0.15, 0.2) is 5.75 Å². The van der Waals surface area contributed by atoms with Crippen LogP contribution in [-0.4, -0.2) is 49.9 Å². The summed E-state index contributed by atoms with van der Waals surface area (Å²) < 4.78 is 38.4. The molecule has 178 valence electrons. The Labute approximate surface area is 192 Å². The average molecular weight is 478 g/mol. The number of nitro benzene ring substituents is 1.